The van der Waals surface area contributed by atoms with Crippen LogP contribution in [0.1, 0.15) is 6.92 Å². The number of hydrogen-bond donors (Lipinski definition) is 6. The SMILES string of the molecule is CC(=O)N[C@@H]1CO[C@H](CO)[C@@](O)(C(O)CO)[C@@H]1O. The molecule has 1 amide bonds. The summed E-state index contributed by atoms with van der Waals surface area (Å²) in [7, 11) is 0. The standard InChI is InChI=1S/C10H19NO7/c1-5(14)11-6-4-18-8(3-13)10(17,9(6)16)7(15)2-12/h6-9,12-13,15-17H,2-4H2,1H3,(H,11,14)/t6-,7?,8-,9-,10+/m1/s1. The lowest BCUT2D eigenvalue weighted by atomic mass is 9.79. The zero-order valence-electron chi connectivity index (χ0n) is 9.98. The number of nitrogens with one attached hydrogen (secondary N) is 1. The minimum absolute atomic E-state index is 0.119. The van der Waals surface area contributed by atoms with Gasteiger partial charge in [0.15, 0.2) is 0 Å². The topological polar surface area (TPSA) is 139 Å². The van der Waals surface area contributed by atoms with E-state index >= 15 is 0 Å². The Labute approximate surface area is 104 Å². The zero-order chi connectivity index (χ0) is 13.9. The number of aliphatic hydroxyl groups is 5. The normalized spacial score (nSPS) is 38.2. The van der Waals surface area contributed by atoms with Crippen LogP contribution in [-0.2, 0) is 9.53 Å². The highest BCUT2D eigenvalue weighted by Gasteiger charge is 2.55. The van der Waals surface area contributed by atoms with Crippen molar-refractivity contribution < 1.29 is 35.1 Å². The van der Waals surface area contributed by atoms with Gasteiger partial charge in [-0.25, -0.2) is 0 Å². The van der Waals surface area contributed by atoms with Gasteiger partial charge in [-0.15, -0.1) is 0 Å². The van der Waals surface area contributed by atoms with Gasteiger partial charge >= 0.3 is 0 Å². The van der Waals surface area contributed by atoms with Crippen LogP contribution < -0.4 is 5.32 Å². The summed E-state index contributed by atoms with van der Waals surface area (Å²) in [6, 6.07) is -0.934. The molecular weight excluding hydrogens is 246 g/mol. The summed E-state index contributed by atoms with van der Waals surface area (Å²) in [5, 5.41) is 50.2. The van der Waals surface area contributed by atoms with Gasteiger partial charge in [0.2, 0.25) is 5.91 Å². The first-order valence-corrected chi connectivity index (χ1v) is 5.56. The number of carbonyl (C=O) groups excluding carboxylic acids is 1. The lowest BCUT2D eigenvalue weighted by Gasteiger charge is -2.48. The van der Waals surface area contributed by atoms with Crippen molar-refractivity contribution in [2.75, 3.05) is 19.8 Å². The van der Waals surface area contributed by atoms with E-state index in [1.807, 2.05) is 0 Å². The van der Waals surface area contributed by atoms with E-state index in [4.69, 9.17) is 14.9 Å². The van der Waals surface area contributed by atoms with Crippen molar-refractivity contribution in [3.63, 3.8) is 0 Å². The van der Waals surface area contributed by atoms with Gasteiger partial charge in [0.05, 0.1) is 25.9 Å². The quantitative estimate of drug-likeness (QED) is 0.308. The summed E-state index contributed by atoms with van der Waals surface area (Å²) < 4.78 is 5.10. The van der Waals surface area contributed by atoms with Gasteiger partial charge in [-0.05, 0) is 0 Å². The second-order valence-electron chi connectivity index (χ2n) is 4.34. The van der Waals surface area contributed by atoms with Crippen molar-refractivity contribution in [1.29, 1.82) is 0 Å². The Hall–Kier alpha value is -0.770. The van der Waals surface area contributed by atoms with Crippen molar-refractivity contribution in [3.8, 4) is 0 Å². The fourth-order valence-corrected chi connectivity index (χ4v) is 2.10. The summed E-state index contributed by atoms with van der Waals surface area (Å²) in [6.07, 6.45) is -4.53. The molecule has 0 aromatic rings. The summed E-state index contributed by atoms with van der Waals surface area (Å²) in [4.78, 5) is 10.9. The fourth-order valence-electron chi connectivity index (χ4n) is 2.10. The molecular formula is C10H19NO7. The molecule has 1 fully saturated rings. The van der Waals surface area contributed by atoms with E-state index in [-0.39, 0.29) is 6.61 Å². The Balaban J connectivity index is 2.95. The van der Waals surface area contributed by atoms with E-state index < -0.39 is 49.1 Å². The van der Waals surface area contributed by atoms with Crippen LogP contribution in [0.5, 0.6) is 0 Å². The van der Waals surface area contributed by atoms with Crippen LogP contribution in [0.3, 0.4) is 0 Å². The van der Waals surface area contributed by atoms with Crippen LogP contribution in [0, 0.1) is 0 Å². The van der Waals surface area contributed by atoms with Crippen molar-refractivity contribution in [2.45, 2.75) is 36.9 Å². The molecule has 1 rings (SSSR count). The van der Waals surface area contributed by atoms with Gasteiger partial charge in [-0.3, -0.25) is 4.79 Å². The van der Waals surface area contributed by atoms with E-state index in [1.54, 1.807) is 0 Å². The molecule has 0 spiro atoms. The van der Waals surface area contributed by atoms with E-state index in [0.29, 0.717) is 0 Å². The molecule has 1 unspecified atom stereocenters. The predicted molar refractivity (Wildman–Crippen MR) is 58.5 cm³/mol. The summed E-state index contributed by atoms with van der Waals surface area (Å²) >= 11 is 0. The molecule has 106 valence electrons. The number of aliphatic hydroxyl groups excluding tert-OH is 4. The average molecular weight is 265 g/mol. The van der Waals surface area contributed by atoms with Crippen LogP contribution in [0.2, 0.25) is 0 Å². The van der Waals surface area contributed by atoms with Crippen molar-refractivity contribution >= 4 is 5.91 Å². The molecule has 1 aliphatic heterocycles. The summed E-state index contributed by atoms with van der Waals surface area (Å²) in [5.41, 5.74) is -2.26. The fraction of sp³-hybridized carbons (Fsp3) is 0.900. The highest BCUT2D eigenvalue weighted by atomic mass is 16.5. The largest absolute Gasteiger partial charge is 0.394 e. The third kappa shape index (κ3) is 2.63. The van der Waals surface area contributed by atoms with E-state index in [2.05, 4.69) is 5.32 Å². The predicted octanol–water partition coefficient (Wildman–Crippen LogP) is -3.67. The van der Waals surface area contributed by atoms with Gasteiger partial charge in [-0.2, -0.15) is 0 Å². The van der Waals surface area contributed by atoms with E-state index in [0.717, 1.165) is 0 Å². The molecule has 8 heteroatoms. The van der Waals surface area contributed by atoms with Crippen LogP contribution >= 0.6 is 0 Å². The minimum Gasteiger partial charge on any atom is -0.394 e. The average Bonchev–Trinajstić information content (AvgIpc) is 2.33. The first kappa shape index (κ1) is 15.3. The highest BCUT2D eigenvalue weighted by molar-refractivity contribution is 5.73. The molecule has 0 aliphatic carbocycles. The number of rotatable bonds is 4. The monoisotopic (exact) mass is 265 g/mol. The second-order valence-corrected chi connectivity index (χ2v) is 4.34. The van der Waals surface area contributed by atoms with Gasteiger partial charge in [0, 0.05) is 6.92 Å². The Morgan fingerprint density at radius 2 is 2.17 bits per heavy atom. The summed E-state index contributed by atoms with van der Waals surface area (Å²) in [5.74, 6) is -0.439. The number of ether oxygens (including phenoxy) is 1. The maximum atomic E-state index is 10.9. The third-order valence-electron chi connectivity index (χ3n) is 3.11. The zero-order valence-corrected chi connectivity index (χ0v) is 9.98. The van der Waals surface area contributed by atoms with Crippen LogP contribution in [0.25, 0.3) is 0 Å². The van der Waals surface area contributed by atoms with Gasteiger partial charge in [0.25, 0.3) is 0 Å². The molecule has 0 bridgehead atoms. The maximum Gasteiger partial charge on any atom is 0.217 e. The molecule has 0 aromatic heterocycles. The van der Waals surface area contributed by atoms with E-state index in [9.17, 15) is 20.1 Å². The van der Waals surface area contributed by atoms with Crippen LogP contribution in [-0.4, -0.2) is 81.2 Å². The molecule has 5 atom stereocenters. The molecule has 1 aliphatic rings. The molecule has 0 aromatic carbocycles. The Morgan fingerprint density at radius 1 is 1.56 bits per heavy atom. The van der Waals surface area contributed by atoms with Crippen molar-refractivity contribution in [3.05, 3.63) is 0 Å². The Morgan fingerprint density at radius 3 is 2.61 bits per heavy atom. The van der Waals surface area contributed by atoms with Gasteiger partial charge < -0.3 is 35.6 Å². The second kappa shape index (κ2) is 5.91. The molecule has 1 saturated heterocycles. The number of hydrogen-bond acceptors (Lipinski definition) is 7. The molecule has 1 heterocycles. The van der Waals surface area contributed by atoms with Crippen LogP contribution in [0.4, 0.5) is 0 Å². The first-order chi connectivity index (χ1) is 8.37. The lowest BCUT2D eigenvalue weighted by Crippen LogP contribution is -2.72. The highest BCUT2D eigenvalue weighted by Crippen LogP contribution is 2.29. The Kier molecular flexibility index (Phi) is 5.02. The third-order valence-corrected chi connectivity index (χ3v) is 3.11. The first-order valence-electron chi connectivity index (χ1n) is 5.56. The van der Waals surface area contributed by atoms with Crippen molar-refractivity contribution in [2.24, 2.45) is 0 Å². The van der Waals surface area contributed by atoms with Crippen LogP contribution in [0.15, 0.2) is 0 Å². The smallest absolute Gasteiger partial charge is 0.217 e. The number of amides is 1. The van der Waals surface area contributed by atoms with Crippen molar-refractivity contribution in [1.82, 2.24) is 5.32 Å². The molecule has 8 nitrogen and oxygen atoms in total. The van der Waals surface area contributed by atoms with Gasteiger partial charge in [0.1, 0.15) is 23.9 Å². The Bertz CT molecular complexity index is 300. The maximum absolute atomic E-state index is 10.9. The molecule has 18 heavy (non-hydrogen) atoms. The molecule has 0 radical (unpaired) electrons. The van der Waals surface area contributed by atoms with Gasteiger partial charge in [-0.1, -0.05) is 0 Å². The minimum atomic E-state index is -2.26. The lowest BCUT2D eigenvalue weighted by molar-refractivity contribution is -0.262. The number of carbonyl (C=O) groups is 1. The molecule has 6 N–H and O–H groups in total. The summed E-state index contributed by atoms with van der Waals surface area (Å²) in [6.45, 7) is -0.351. The molecule has 0 saturated carbocycles. The van der Waals surface area contributed by atoms with E-state index in [1.165, 1.54) is 6.92 Å².